The number of hydrogen-bond acceptors (Lipinski definition) is 2. The third-order valence-electron chi connectivity index (χ3n) is 2.40. The summed E-state index contributed by atoms with van der Waals surface area (Å²) in [5, 5.41) is 0.766. The molecule has 0 N–H and O–H groups in total. The third kappa shape index (κ3) is 3.56. The van der Waals surface area contributed by atoms with E-state index in [-0.39, 0.29) is 5.78 Å². The molecule has 1 rings (SSSR count). The lowest BCUT2D eigenvalue weighted by molar-refractivity contribution is -0.116. The number of carbonyl (C=O) groups excluding carboxylic acids is 1. The molecular formula is C12H16ClNO. The van der Waals surface area contributed by atoms with Crippen molar-refractivity contribution in [3.63, 3.8) is 0 Å². The van der Waals surface area contributed by atoms with Crippen LogP contribution in [-0.4, -0.2) is 19.4 Å². The van der Waals surface area contributed by atoms with Crippen molar-refractivity contribution in [1.29, 1.82) is 0 Å². The van der Waals surface area contributed by atoms with Crippen LogP contribution in [0, 0.1) is 6.92 Å². The predicted molar refractivity (Wildman–Crippen MR) is 64.8 cm³/mol. The molecule has 0 spiro atoms. The molecule has 2 nitrogen and oxygen atoms in total. The summed E-state index contributed by atoms with van der Waals surface area (Å²) >= 11 is 6.03. The second-order valence-corrected chi connectivity index (χ2v) is 4.21. The van der Waals surface area contributed by atoms with Gasteiger partial charge in [-0.2, -0.15) is 0 Å². The highest BCUT2D eigenvalue weighted by molar-refractivity contribution is 6.31. The molecule has 0 aromatic heterocycles. The van der Waals surface area contributed by atoms with Crippen molar-refractivity contribution in [3.8, 4) is 0 Å². The summed E-state index contributed by atoms with van der Waals surface area (Å²) in [7, 11) is 1.96. The van der Waals surface area contributed by atoms with Gasteiger partial charge in [0, 0.05) is 30.7 Å². The van der Waals surface area contributed by atoms with Gasteiger partial charge in [0.05, 0.1) is 0 Å². The van der Waals surface area contributed by atoms with Crippen molar-refractivity contribution in [1.82, 2.24) is 0 Å². The molecule has 0 saturated carbocycles. The third-order valence-corrected chi connectivity index (χ3v) is 2.80. The molecule has 0 bridgehead atoms. The second-order valence-electron chi connectivity index (χ2n) is 3.81. The van der Waals surface area contributed by atoms with Gasteiger partial charge in [0.1, 0.15) is 5.78 Å². The Labute approximate surface area is 95.8 Å². The van der Waals surface area contributed by atoms with Gasteiger partial charge in [-0.25, -0.2) is 0 Å². The zero-order chi connectivity index (χ0) is 11.4. The number of nitrogens with zero attached hydrogens (tertiary/aromatic N) is 1. The lowest BCUT2D eigenvalue weighted by atomic mass is 10.2. The molecule has 0 aliphatic heterocycles. The summed E-state index contributed by atoms with van der Waals surface area (Å²) in [6.45, 7) is 4.31. The van der Waals surface area contributed by atoms with E-state index in [0.29, 0.717) is 6.42 Å². The maximum atomic E-state index is 10.8. The summed E-state index contributed by atoms with van der Waals surface area (Å²) in [6, 6.07) is 5.93. The maximum Gasteiger partial charge on any atom is 0.131 e. The highest BCUT2D eigenvalue weighted by atomic mass is 35.5. The zero-order valence-electron chi connectivity index (χ0n) is 9.38. The summed E-state index contributed by atoms with van der Waals surface area (Å²) in [4.78, 5) is 12.9. The van der Waals surface area contributed by atoms with Gasteiger partial charge in [-0.3, -0.25) is 4.79 Å². The van der Waals surface area contributed by atoms with Crippen molar-refractivity contribution in [2.75, 3.05) is 18.5 Å². The van der Waals surface area contributed by atoms with E-state index < -0.39 is 0 Å². The van der Waals surface area contributed by atoms with Crippen molar-refractivity contribution >= 4 is 23.1 Å². The molecule has 1 aromatic rings. The van der Waals surface area contributed by atoms with Crippen molar-refractivity contribution < 1.29 is 4.79 Å². The van der Waals surface area contributed by atoms with E-state index in [2.05, 4.69) is 0 Å². The van der Waals surface area contributed by atoms with Crippen LogP contribution in [0.1, 0.15) is 18.9 Å². The topological polar surface area (TPSA) is 20.3 Å². The number of benzene rings is 1. The van der Waals surface area contributed by atoms with E-state index in [9.17, 15) is 4.79 Å². The van der Waals surface area contributed by atoms with Crippen molar-refractivity contribution in [2.24, 2.45) is 0 Å². The number of halogens is 1. The fourth-order valence-corrected chi connectivity index (χ4v) is 1.45. The van der Waals surface area contributed by atoms with Crippen LogP contribution in [0.4, 0.5) is 5.69 Å². The van der Waals surface area contributed by atoms with E-state index >= 15 is 0 Å². The number of anilines is 1. The molecule has 0 heterocycles. The number of hydrogen-bond donors (Lipinski definition) is 0. The molecule has 0 unspecified atom stereocenters. The van der Waals surface area contributed by atoms with Gasteiger partial charge in [0.15, 0.2) is 0 Å². The molecular weight excluding hydrogens is 210 g/mol. The van der Waals surface area contributed by atoms with Gasteiger partial charge in [-0.1, -0.05) is 17.7 Å². The summed E-state index contributed by atoms with van der Waals surface area (Å²) in [6.07, 6.45) is 0.571. The lowest BCUT2D eigenvalue weighted by Gasteiger charge is -2.19. The molecule has 0 amide bonds. The van der Waals surface area contributed by atoms with Crippen molar-refractivity contribution in [3.05, 3.63) is 28.8 Å². The molecule has 82 valence electrons. The molecule has 1 aromatic carbocycles. The van der Waals surface area contributed by atoms with Crippen LogP contribution >= 0.6 is 11.6 Å². The molecule has 15 heavy (non-hydrogen) atoms. The standard InChI is InChI=1S/C12H16ClNO/c1-9-4-5-11(8-12(9)13)14(3)7-6-10(2)15/h4-5,8H,6-7H2,1-3H3. The van der Waals surface area contributed by atoms with E-state index in [1.54, 1.807) is 6.92 Å². The predicted octanol–water partition coefficient (Wildman–Crippen LogP) is 3.06. The Kier molecular flexibility index (Phi) is 4.15. The van der Waals surface area contributed by atoms with Gasteiger partial charge < -0.3 is 4.90 Å². The van der Waals surface area contributed by atoms with E-state index in [4.69, 9.17) is 11.6 Å². The fourth-order valence-electron chi connectivity index (χ4n) is 1.27. The van der Waals surface area contributed by atoms with E-state index in [1.165, 1.54) is 0 Å². The first kappa shape index (κ1) is 12.1. The molecule has 0 atom stereocenters. The lowest BCUT2D eigenvalue weighted by Crippen LogP contribution is -2.20. The van der Waals surface area contributed by atoms with Gasteiger partial charge in [-0.15, -0.1) is 0 Å². The molecule has 0 aliphatic carbocycles. The first-order valence-corrected chi connectivity index (χ1v) is 5.35. The SMILES string of the molecule is CC(=O)CCN(C)c1ccc(C)c(Cl)c1. The van der Waals surface area contributed by atoms with Gasteiger partial charge in [-0.05, 0) is 31.5 Å². The minimum absolute atomic E-state index is 0.208. The Hall–Kier alpha value is -1.02. The van der Waals surface area contributed by atoms with Crippen LogP contribution in [0.5, 0.6) is 0 Å². The van der Waals surface area contributed by atoms with Gasteiger partial charge >= 0.3 is 0 Å². The van der Waals surface area contributed by atoms with Gasteiger partial charge in [0.2, 0.25) is 0 Å². The first-order valence-electron chi connectivity index (χ1n) is 4.97. The number of rotatable bonds is 4. The number of ketones is 1. The summed E-state index contributed by atoms with van der Waals surface area (Å²) in [5.74, 6) is 0.208. The monoisotopic (exact) mass is 225 g/mol. The Morgan fingerprint density at radius 1 is 1.47 bits per heavy atom. The zero-order valence-corrected chi connectivity index (χ0v) is 10.1. The minimum Gasteiger partial charge on any atom is -0.374 e. The average Bonchev–Trinajstić information content (AvgIpc) is 2.18. The Morgan fingerprint density at radius 3 is 2.67 bits per heavy atom. The quantitative estimate of drug-likeness (QED) is 0.785. The van der Waals surface area contributed by atoms with E-state index in [1.807, 2.05) is 37.1 Å². The number of Topliss-reactive ketones (excluding diaryl/α,β-unsaturated/α-hetero) is 1. The molecule has 0 aliphatic rings. The highest BCUT2D eigenvalue weighted by Crippen LogP contribution is 2.22. The van der Waals surface area contributed by atoms with Crippen LogP contribution < -0.4 is 4.90 Å². The van der Waals surface area contributed by atoms with Crippen LogP contribution in [-0.2, 0) is 4.79 Å². The Balaban J connectivity index is 2.69. The first-order chi connectivity index (χ1) is 7.00. The summed E-state index contributed by atoms with van der Waals surface area (Å²) < 4.78 is 0. The van der Waals surface area contributed by atoms with Crippen LogP contribution in [0.25, 0.3) is 0 Å². The average molecular weight is 226 g/mol. The van der Waals surface area contributed by atoms with E-state index in [0.717, 1.165) is 22.8 Å². The molecule has 3 heteroatoms. The molecule has 0 fully saturated rings. The fraction of sp³-hybridized carbons (Fsp3) is 0.417. The van der Waals surface area contributed by atoms with Crippen molar-refractivity contribution in [2.45, 2.75) is 20.3 Å². The maximum absolute atomic E-state index is 10.8. The smallest absolute Gasteiger partial charge is 0.131 e. The minimum atomic E-state index is 0.208. The Morgan fingerprint density at radius 2 is 2.13 bits per heavy atom. The molecule has 0 saturated heterocycles. The van der Waals surface area contributed by atoms with Gasteiger partial charge in [0.25, 0.3) is 0 Å². The largest absolute Gasteiger partial charge is 0.374 e. The summed E-state index contributed by atoms with van der Waals surface area (Å²) in [5.41, 5.74) is 2.12. The molecule has 0 radical (unpaired) electrons. The number of carbonyl (C=O) groups is 1. The normalized spacial score (nSPS) is 10.1. The Bertz CT molecular complexity index is 363. The van der Waals surface area contributed by atoms with Crippen LogP contribution in [0.2, 0.25) is 5.02 Å². The van der Waals surface area contributed by atoms with Crippen LogP contribution in [0.15, 0.2) is 18.2 Å². The highest BCUT2D eigenvalue weighted by Gasteiger charge is 2.04. The second kappa shape index (κ2) is 5.17. The number of aryl methyl sites for hydroxylation is 1. The van der Waals surface area contributed by atoms with Crippen LogP contribution in [0.3, 0.4) is 0 Å².